The van der Waals surface area contributed by atoms with Gasteiger partial charge in [0.05, 0.1) is 18.8 Å². The van der Waals surface area contributed by atoms with Gasteiger partial charge in [0.15, 0.2) is 0 Å². The lowest BCUT2D eigenvalue weighted by Crippen LogP contribution is -2.44. The van der Waals surface area contributed by atoms with Crippen molar-refractivity contribution in [2.24, 2.45) is 0 Å². The summed E-state index contributed by atoms with van der Waals surface area (Å²) in [6, 6.07) is 1.21. The predicted molar refractivity (Wildman–Crippen MR) is 48.7 cm³/mol. The maximum atomic E-state index is 5.79. The molecule has 3 rings (SSSR count). The van der Waals surface area contributed by atoms with Crippen molar-refractivity contribution < 1.29 is 9.47 Å². The van der Waals surface area contributed by atoms with Crippen LogP contribution in [0.4, 0.5) is 0 Å². The third kappa shape index (κ3) is 1.49. The van der Waals surface area contributed by atoms with Gasteiger partial charge >= 0.3 is 0 Å². The zero-order chi connectivity index (χ0) is 8.67. The average Bonchev–Trinajstić information content (AvgIpc) is 2.77. The lowest BCUT2D eigenvalue weighted by molar-refractivity contribution is 0.0954. The topological polar surface area (TPSA) is 30.5 Å². The molecule has 0 aliphatic carbocycles. The van der Waals surface area contributed by atoms with Crippen LogP contribution < -0.4 is 5.32 Å². The van der Waals surface area contributed by atoms with Crippen LogP contribution in [0.3, 0.4) is 0 Å². The molecule has 3 aliphatic heterocycles. The average molecular weight is 183 g/mol. The molecular formula is C10H17NO2. The van der Waals surface area contributed by atoms with E-state index in [1.807, 2.05) is 0 Å². The summed E-state index contributed by atoms with van der Waals surface area (Å²) in [7, 11) is 0. The zero-order valence-electron chi connectivity index (χ0n) is 7.87. The minimum atomic E-state index is 0.505. The molecule has 3 fully saturated rings. The van der Waals surface area contributed by atoms with Crippen molar-refractivity contribution in [1.82, 2.24) is 5.32 Å². The first kappa shape index (κ1) is 8.21. The Bertz CT molecular complexity index is 191. The van der Waals surface area contributed by atoms with Gasteiger partial charge in [0, 0.05) is 18.7 Å². The second kappa shape index (κ2) is 3.23. The maximum absolute atomic E-state index is 5.79. The highest BCUT2D eigenvalue weighted by molar-refractivity contribution is 4.95. The molecule has 0 aromatic rings. The van der Waals surface area contributed by atoms with E-state index in [0.29, 0.717) is 24.3 Å². The largest absolute Gasteiger partial charge is 0.380 e. The fraction of sp³-hybridized carbons (Fsp3) is 1.00. The van der Waals surface area contributed by atoms with Gasteiger partial charge in [-0.05, 0) is 25.7 Å². The molecule has 74 valence electrons. The smallest absolute Gasteiger partial charge is 0.0733 e. The second-order valence-electron chi connectivity index (χ2n) is 4.44. The molecule has 0 aromatic carbocycles. The lowest BCUT2D eigenvalue weighted by atomic mass is 9.95. The normalized spacial score (nSPS) is 48.9. The summed E-state index contributed by atoms with van der Waals surface area (Å²) in [5.74, 6) is 0. The Labute approximate surface area is 78.8 Å². The molecule has 0 aromatic heterocycles. The molecule has 3 saturated heterocycles. The van der Waals surface area contributed by atoms with Gasteiger partial charge in [0.25, 0.3) is 0 Å². The third-order valence-corrected chi connectivity index (χ3v) is 3.49. The molecule has 13 heavy (non-hydrogen) atoms. The minimum Gasteiger partial charge on any atom is -0.380 e. The van der Waals surface area contributed by atoms with E-state index in [1.54, 1.807) is 0 Å². The fourth-order valence-electron chi connectivity index (χ4n) is 2.78. The third-order valence-electron chi connectivity index (χ3n) is 3.49. The second-order valence-corrected chi connectivity index (χ2v) is 4.44. The van der Waals surface area contributed by atoms with E-state index in [9.17, 15) is 0 Å². The lowest BCUT2D eigenvalue weighted by Gasteiger charge is -2.23. The molecule has 4 unspecified atom stereocenters. The molecule has 0 saturated carbocycles. The molecular weight excluding hydrogens is 166 g/mol. The van der Waals surface area contributed by atoms with Crippen molar-refractivity contribution in [2.45, 2.75) is 50.0 Å². The molecule has 2 bridgehead atoms. The van der Waals surface area contributed by atoms with E-state index in [4.69, 9.17) is 9.47 Å². The predicted octanol–water partition coefficient (Wildman–Crippen LogP) is 0.685. The van der Waals surface area contributed by atoms with Crippen molar-refractivity contribution in [3.8, 4) is 0 Å². The highest BCUT2D eigenvalue weighted by atomic mass is 16.5. The summed E-state index contributed by atoms with van der Waals surface area (Å²) < 4.78 is 11.1. The van der Waals surface area contributed by atoms with Crippen LogP contribution in [-0.2, 0) is 9.47 Å². The van der Waals surface area contributed by atoms with Gasteiger partial charge in [-0.3, -0.25) is 0 Å². The summed E-state index contributed by atoms with van der Waals surface area (Å²) in [5.41, 5.74) is 0. The fourth-order valence-corrected chi connectivity index (χ4v) is 2.78. The molecule has 0 radical (unpaired) electrons. The minimum absolute atomic E-state index is 0.505. The number of rotatable bonds is 2. The monoisotopic (exact) mass is 183 g/mol. The first-order chi connectivity index (χ1) is 6.42. The number of ether oxygens (including phenoxy) is 2. The first-order valence-electron chi connectivity index (χ1n) is 5.41. The Morgan fingerprint density at radius 2 is 2.15 bits per heavy atom. The van der Waals surface area contributed by atoms with Crippen LogP contribution in [0.5, 0.6) is 0 Å². The van der Waals surface area contributed by atoms with E-state index in [2.05, 4.69) is 5.32 Å². The summed E-state index contributed by atoms with van der Waals surface area (Å²) in [6.45, 7) is 1.83. The Morgan fingerprint density at radius 3 is 2.77 bits per heavy atom. The van der Waals surface area contributed by atoms with E-state index in [0.717, 1.165) is 13.2 Å². The van der Waals surface area contributed by atoms with Crippen LogP contribution >= 0.6 is 0 Å². The van der Waals surface area contributed by atoms with Crippen molar-refractivity contribution in [2.75, 3.05) is 13.2 Å². The summed E-state index contributed by atoms with van der Waals surface area (Å²) in [4.78, 5) is 0. The van der Waals surface area contributed by atoms with E-state index >= 15 is 0 Å². The molecule has 3 heteroatoms. The van der Waals surface area contributed by atoms with Crippen LogP contribution in [0, 0.1) is 0 Å². The van der Waals surface area contributed by atoms with Crippen LogP contribution in [0.1, 0.15) is 25.7 Å². The molecule has 3 nitrogen and oxygen atoms in total. The van der Waals surface area contributed by atoms with Crippen molar-refractivity contribution in [3.63, 3.8) is 0 Å². The van der Waals surface area contributed by atoms with E-state index in [-0.39, 0.29) is 0 Å². The van der Waals surface area contributed by atoms with Crippen molar-refractivity contribution in [1.29, 1.82) is 0 Å². The van der Waals surface area contributed by atoms with Crippen LogP contribution in [-0.4, -0.2) is 37.5 Å². The number of hydrogen-bond donors (Lipinski definition) is 1. The zero-order valence-corrected chi connectivity index (χ0v) is 7.87. The summed E-state index contributed by atoms with van der Waals surface area (Å²) in [5, 5.41) is 3.66. The SMILES string of the molecule is C1CC(NC2CC3CCC2O3)CO1. The summed E-state index contributed by atoms with van der Waals surface area (Å²) in [6.07, 6.45) is 6.00. The van der Waals surface area contributed by atoms with Gasteiger partial charge in [-0.2, -0.15) is 0 Å². The number of hydrogen-bond acceptors (Lipinski definition) is 3. The van der Waals surface area contributed by atoms with Crippen molar-refractivity contribution in [3.05, 3.63) is 0 Å². The van der Waals surface area contributed by atoms with Gasteiger partial charge in [0.1, 0.15) is 0 Å². The maximum Gasteiger partial charge on any atom is 0.0733 e. The number of nitrogens with one attached hydrogen (secondary N) is 1. The molecule has 0 amide bonds. The van der Waals surface area contributed by atoms with Crippen LogP contribution in [0.15, 0.2) is 0 Å². The van der Waals surface area contributed by atoms with Gasteiger partial charge < -0.3 is 14.8 Å². The Balaban J connectivity index is 1.55. The van der Waals surface area contributed by atoms with E-state index < -0.39 is 0 Å². The summed E-state index contributed by atoms with van der Waals surface area (Å²) >= 11 is 0. The quantitative estimate of drug-likeness (QED) is 0.683. The highest BCUT2D eigenvalue weighted by Gasteiger charge is 2.41. The van der Waals surface area contributed by atoms with Crippen LogP contribution in [0.25, 0.3) is 0 Å². The Morgan fingerprint density at radius 1 is 1.15 bits per heavy atom. The standard InChI is InChI=1S/C10H17NO2/c1-2-10-9(5-8(1)13-10)11-7-3-4-12-6-7/h7-11H,1-6H2. The van der Waals surface area contributed by atoms with Crippen LogP contribution in [0.2, 0.25) is 0 Å². The molecule has 3 aliphatic rings. The Kier molecular flexibility index (Phi) is 2.04. The van der Waals surface area contributed by atoms with Gasteiger partial charge in [0.2, 0.25) is 0 Å². The van der Waals surface area contributed by atoms with Crippen molar-refractivity contribution >= 4 is 0 Å². The first-order valence-corrected chi connectivity index (χ1v) is 5.41. The van der Waals surface area contributed by atoms with Gasteiger partial charge in [-0.15, -0.1) is 0 Å². The molecule has 0 spiro atoms. The van der Waals surface area contributed by atoms with Gasteiger partial charge in [-0.25, -0.2) is 0 Å². The van der Waals surface area contributed by atoms with Gasteiger partial charge in [-0.1, -0.05) is 0 Å². The molecule has 3 heterocycles. The van der Waals surface area contributed by atoms with E-state index in [1.165, 1.54) is 25.7 Å². The number of fused-ring (bicyclic) bond motifs is 2. The highest BCUT2D eigenvalue weighted by Crippen LogP contribution is 2.34. The Hall–Kier alpha value is -0.120. The molecule has 4 atom stereocenters. The molecule has 1 N–H and O–H groups in total.